The maximum atomic E-state index is 13.9. The van der Waals surface area contributed by atoms with Crippen molar-refractivity contribution in [3.8, 4) is 0 Å². The Hall–Kier alpha value is -1.43. The Morgan fingerprint density at radius 3 is 3.00 bits per heavy atom. The van der Waals surface area contributed by atoms with Gasteiger partial charge in [-0.15, -0.1) is 11.3 Å². The van der Waals surface area contributed by atoms with Crippen molar-refractivity contribution >= 4 is 28.8 Å². The van der Waals surface area contributed by atoms with Crippen LogP contribution in [0, 0.1) is 5.82 Å². The van der Waals surface area contributed by atoms with Gasteiger partial charge >= 0.3 is 0 Å². The monoisotopic (exact) mass is 366 g/mol. The summed E-state index contributed by atoms with van der Waals surface area (Å²) in [7, 11) is 1.69. The van der Waals surface area contributed by atoms with Crippen molar-refractivity contribution < 1.29 is 9.18 Å². The average molecular weight is 367 g/mol. The van der Waals surface area contributed by atoms with Crippen LogP contribution >= 0.6 is 22.9 Å². The molecule has 0 bridgehead atoms. The van der Waals surface area contributed by atoms with E-state index in [0.717, 1.165) is 13.0 Å². The summed E-state index contributed by atoms with van der Waals surface area (Å²) in [5.41, 5.74) is 1.68. The van der Waals surface area contributed by atoms with Gasteiger partial charge in [0.1, 0.15) is 5.82 Å². The van der Waals surface area contributed by atoms with Gasteiger partial charge in [0.05, 0.1) is 6.54 Å². The van der Waals surface area contributed by atoms with Gasteiger partial charge < -0.3 is 4.90 Å². The summed E-state index contributed by atoms with van der Waals surface area (Å²) in [5.74, 6) is -0.406. The topological polar surface area (TPSA) is 23.6 Å². The van der Waals surface area contributed by atoms with Crippen molar-refractivity contribution in [1.29, 1.82) is 0 Å². The first kappa shape index (κ1) is 17.4. The van der Waals surface area contributed by atoms with Gasteiger partial charge in [-0.1, -0.05) is 17.7 Å². The van der Waals surface area contributed by atoms with E-state index >= 15 is 0 Å². The maximum Gasteiger partial charge on any atom is 0.236 e. The third kappa shape index (κ3) is 3.48. The van der Waals surface area contributed by atoms with Crippen molar-refractivity contribution in [2.24, 2.45) is 0 Å². The molecule has 2 heterocycles. The highest BCUT2D eigenvalue weighted by Crippen LogP contribution is 2.32. The zero-order valence-corrected chi connectivity index (χ0v) is 15.3. The number of nitrogens with zero attached hydrogens (tertiary/aromatic N) is 2. The second kappa shape index (κ2) is 7.21. The van der Waals surface area contributed by atoms with E-state index in [9.17, 15) is 9.18 Å². The summed E-state index contributed by atoms with van der Waals surface area (Å²) in [6.07, 6.45) is 0.980. The summed E-state index contributed by atoms with van der Waals surface area (Å²) in [6, 6.07) is 6.95. The molecule has 1 aliphatic rings. The number of likely N-dealkylation sites (N-methyl/N-ethyl adjacent to an activating group) is 1. The number of carbonyl (C=O) groups is 1. The van der Waals surface area contributed by atoms with Gasteiger partial charge in [-0.05, 0) is 42.5 Å². The van der Waals surface area contributed by atoms with Crippen molar-refractivity contribution in [1.82, 2.24) is 9.80 Å². The molecule has 2 aromatic rings. The largest absolute Gasteiger partial charge is 0.340 e. The first-order chi connectivity index (χ1) is 11.5. The minimum absolute atomic E-state index is 0.0279. The van der Waals surface area contributed by atoms with Crippen LogP contribution < -0.4 is 0 Å². The molecule has 1 aromatic heterocycles. The Kier molecular flexibility index (Phi) is 5.23. The number of rotatable bonds is 4. The smallest absolute Gasteiger partial charge is 0.236 e. The lowest BCUT2D eigenvalue weighted by Crippen LogP contribution is -2.42. The third-order valence-corrected chi connectivity index (χ3v) is 5.98. The molecule has 3 rings (SSSR count). The number of benzene rings is 1. The van der Waals surface area contributed by atoms with Crippen LogP contribution in [0.1, 0.15) is 29.0 Å². The zero-order valence-electron chi connectivity index (χ0n) is 13.8. The Balaban J connectivity index is 1.65. The molecule has 1 atom stereocenters. The highest BCUT2D eigenvalue weighted by molar-refractivity contribution is 7.10. The number of carbonyl (C=O) groups excluding carboxylic acids is 1. The fourth-order valence-electron chi connectivity index (χ4n) is 3.08. The molecular weight excluding hydrogens is 347 g/mol. The molecule has 0 fully saturated rings. The lowest BCUT2D eigenvalue weighted by atomic mass is 10.0. The fourth-order valence-corrected chi connectivity index (χ4v) is 4.27. The van der Waals surface area contributed by atoms with Crippen molar-refractivity contribution in [3.63, 3.8) is 0 Å². The minimum atomic E-state index is -0.378. The van der Waals surface area contributed by atoms with Gasteiger partial charge in [-0.2, -0.15) is 0 Å². The van der Waals surface area contributed by atoms with Gasteiger partial charge in [0.25, 0.3) is 0 Å². The van der Waals surface area contributed by atoms with E-state index < -0.39 is 0 Å². The van der Waals surface area contributed by atoms with E-state index in [1.54, 1.807) is 35.4 Å². The quantitative estimate of drug-likeness (QED) is 0.812. The molecule has 0 N–H and O–H groups in total. The maximum absolute atomic E-state index is 13.9. The number of hydrogen-bond acceptors (Lipinski definition) is 3. The van der Waals surface area contributed by atoms with E-state index in [4.69, 9.17) is 11.6 Å². The molecule has 24 heavy (non-hydrogen) atoms. The summed E-state index contributed by atoms with van der Waals surface area (Å²) in [6.45, 7) is 3.51. The molecule has 0 aliphatic carbocycles. The summed E-state index contributed by atoms with van der Waals surface area (Å²) in [5, 5.41) is 2.46. The summed E-state index contributed by atoms with van der Waals surface area (Å²) >= 11 is 7.83. The van der Waals surface area contributed by atoms with E-state index in [1.807, 2.05) is 0 Å². The molecule has 0 radical (unpaired) electrons. The molecule has 1 aromatic carbocycles. The standard InChI is InChI=1S/C18H20ClFN2OS/c1-12-13-7-9-24-17(13)6-8-22(12)11-18(23)21(2)10-14-15(19)4-3-5-16(14)20/h3-5,7,9,12H,6,8,10-11H2,1-2H3/t12-/m1/s1. The number of fused-ring (bicyclic) bond motifs is 1. The van der Waals surface area contributed by atoms with E-state index in [-0.39, 0.29) is 24.3 Å². The Morgan fingerprint density at radius 2 is 2.25 bits per heavy atom. The van der Waals surface area contributed by atoms with Crippen LogP contribution in [-0.2, 0) is 17.8 Å². The normalized spacial score (nSPS) is 17.6. The van der Waals surface area contributed by atoms with Crippen molar-refractivity contribution in [2.45, 2.75) is 25.9 Å². The van der Waals surface area contributed by atoms with Crippen LogP contribution in [-0.4, -0.2) is 35.8 Å². The van der Waals surface area contributed by atoms with E-state index in [1.165, 1.54) is 16.5 Å². The number of hydrogen-bond donors (Lipinski definition) is 0. The Labute approximate surface area is 150 Å². The number of halogens is 2. The SMILES string of the molecule is C[C@@H]1c2ccsc2CCN1CC(=O)N(C)Cc1c(F)cccc1Cl. The van der Waals surface area contributed by atoms with Crippen LogP contribution in [0.25, 0.3) is 0 Å². The Morgan fingerprint density at radius 1 is 1.46 bits per heavy atom. The Bertz CT molecular complexity index is 728. The van der Waals surface area contributed by atoms with E-state index in [2.05, 4.69) is 23.3 Å². The molecule has 0 saturated carbocycles. The summed E-state index contributed by atoms with van der Waals surface area (Å²) in [4.78, 5) is 17.7. The molecule has 3 nitrogen and oxygen atoms in total. The molecular formula is C18H20ClFN2OS. The minimum Gasteiger partial charge on any atom is -0.340 e. The van der Waals surface area contributed by atoms with Gasteiger partial charge in [0, 0.05) is 41.6 Å². The second-order valence-corrected chi connectivity index (χ2v) is 7.55. The third-order valence-electron chi connectivity index (χ3n) is 4.62. The van der Waals surface area contributed by atoms with Crippen LogP contribution in [0.2, 0.25) is 5.02 Å². The van der Waals surface area contributed by atoms with E-state index in [0.29, 0.717) is 17.1 Å². The highest BCUT2D eigenvalue weighted by Gasteiger charge is 2.27. The van der Waals surface area contributed by atoms with Crippen LogP contribution in [0.5, 0.6) is 0 Å². The second-order valence-electron chi connectivity index (χ2n) is 6.15. The number of amides is 1. The van der Waals surface area contributed by atoms with Gasteiger partial charge in [-0.3, -0.25) is 9.69 Å². The van der Waals surface area contributed by atoms with Crippen molar-refractivity contribution in [3.05, 3.63) is 56.5 Å². The molecule has 0 saturated heterocycles. The average Bonchev–Trinajstić information content (AvgIpc) is 3.03. The molecule has 128 valence electrons. The molecule has 0 unspecified atom stereocenters. The summed E-state index contributed by atoms with van der Waals surface area (Å²) < 4.78 is 13.9. The first-order valence-corrected chi connectivity index (χ1v) is 9.20. The molecule has 0 spiro atoms. The first-order valence-electron chi connectivity index (χ1n) is 7.94. The number of thiophene rings is 1. The van der Waals surface area contributed by atoms with Crippen LogP contribution in [0.15, 0.2) is 29.6 Å². The molecule has 1 aliphatic heterocycles. The van der Waals surface area contributed by atoms with Crippen LogP contribution in [0.3, 0.4) is 0 Å². The highest BCUT2D eigenvalue weighted by atomic mass is 35.5. The fraction of sp³-hybridized carbons (Fsp3) is 0.389. The van der Waals surface area contributed by atoms with Crippen molar-refractivity contribution in [2.75, 3.05) is 20.1 Å². The predicted molar refractivity (Wildman–Crippen MR) is 95.9 cm³/mol. The van der Waals surface area contributed by atoms with Gasteiger partial charge in [0.2, 0.25) is 5.91 Å². The molecule has 1 amide bonds. The lowest BCUT2D eigenvalue weighted by Gasteiger charge is -2.34. The van der Waals surface area contributed by atoms with Gasteiger partial charge in [-0.25, -0.2) is 4.39 Å². The predicted octanol–water partition coefficient (Wildman–Crippen LogP) is 4.12. The lowest BCUT2D eigenvalue weighted by molar-refractivity contribution is -0.132. The van der Waals surface area contributed by atoms with Crippen LogP contribution in [0.4, 0.5) is 4.39 Å². The zero-order chi connectivity index (χ0) is 17.3. The van der Waals surface area contributed by atoms with Gasteiger partial charge in [0.15, 0.2) is 0 Å². The molecule has 6 heteroatoms.